The predicted molar refractivity (Wildman–Crippen MR) is 91.4 cm³/mol. The number of carbonyl (C=O) groups excluding carboxylic acids is 1. The number of hydrogen-bond donors (Lipinski definition) is 1. The molecule has 0 bridgehead atoms. The summed E-state index contributed by atoms with van der Waals surface area (Å²) in [5.74, 6) is 2.37. The quantitative estimate of drug-likeness (QED) is 0.866. The van der Waals surface area contributed by atoms with Crippen LogP contribution in [0.4, 0.5) is 0 Å². The molecule has 1 saturated carbocycles. The monoisotopic (exact) mass is 334 g/mol. The minimum Gasteiger partial charge on any atom is -0.349 e. The number of hydrogen-bond acceptors (Lipinski definition) is 5. The van der Waals surface area contributed by atoms with Crippen LogP contribution in [0.2, 0.25) is 0 Å². The first-order chi connectivity index (χ1) is 11.6. The lowest BCUT2D eigenvalue weighted by molar-refractivity contribution is -0.122. The number of likely N-dealkylation sites (tertiary alicyclic amines) is 1. The molecule has 6 nitrogen and oxygen atoms in total. The largest absolute Gasteiger partial charge is 0.349 e. The summed E-state index contributed by atoms with van der Waals surface area (Å²) in [5.41, 5.74) is 0. The van der Waals surface area contributed by atoms with Gasteiger partial charge < -0.3 is 14.7 Å². The van der Waals surface area contributed by atoms with E-state index in [1.807, 2.05) is 0 Å². The molecule has 0 spiro atoms. The summed E-state index contributed by atoms with van der Waals surface area (Å²) in [6.07, 6.45) is 7.61. The fraction of sp³-hybridized carbons (Fsp3) is 0.833. The molecule has 134 valence electrons. The molecule has 1 aromatic rings. The van der Waals surface area contributed by atoms with E-state index in [0.717, 1.165) is 44.7 Å². The first-order valence-electron chi connectivity index (χ1n) is 9.45. The minimum absolute atomic E-state index is 0.102. The Morgan fingerprint density at radius 1 is 1.25 bits per heavy atom. The molecule has 0 aromatic carbocycles. The van der Waals surface area contributed by atoms with E-state index in [-0.39, 0.29) is 5.91 Å². The molecule has 2 heterocycles. The van der Waals surface area contributed by atoms with Crippen molar-refractivity contribution < 1.29 is 9.32 Å². The van der Waals surface area contributed by atoms with Gasteiger partial charge in [-0.1, -0.05) is 18.0 Å². The predicted octanol–water partition coefficient (Wildman–Crippen LogP) is 2.85. The molecule has 0 unspecified atom stereocenters. The van der Waals surface area contributed by atoms with Gasteiger partial charge in [-0.2, -0.15) is 4.98 Å². The van der Waals surface area contributed by atoms with Crippen LogP contribution in [0.5, 0.6) is 0 Å². The van der Waals surface area contributed by atoms with E-state index in [1.54, 1.807) is 0 Å². The zero-order valence-electron chi connectivity index (χ0n) is 15.0. The summed E-state index contributed by atoms with van der Waals surface area (Å²) in [7, 11) is 0. The molecule has 24 heavy (non-hydrogen) atoms. The van der Waals surface area contributed by atoms with Gasteiger partial charge in [0.1, 0.15) is 0 Å². The van der Waals surface area contributed by atoms with E-state index < -0.39 is 0 Å². The molecule has 1 aromatic heterocycles. The number of carbonyl (C=O) groups is 1. The van der Waals surface area contributed by atoms with Crippen molar-refractivity contribution in [2.24, 2.45) is 5.92 Å². The van der Waals surface area contributed by atoms with Crippen LogP contribution in [-0.4, -0.2) is 40.1 Å². The summed E-state index contributed by atoms with van der Waals surface area (Å²) < 4.78 is 5.35. The average molecular weight is 334 g/mol. The van der Waals surface area contributed by atoms with Gasteiger partial charge in [-0.25, -0.2) is 0 Å². The molecule has 1 aliphatic carbocycles. The van der Waals surface area contributed by atoms with E-state index in [0.29, 0.717) is 36.7 Å². The minimum atomic E-state index is 0.102. The summed E-state index contributed by atoms with van der Waals surface area (Å²) >= 11 is 0. The van der Waals surface area contributed by atoms with Crippen LogP contribution in [0.25, 0.3) is 0 Å². The van der Waals surface area contributed by atoms with Crippen molar-refractivity contribution in [2.45, 2.75) is 77.3 Å². The third kappa shape index (κ3) is 4.56. The van der Waals surface area contributed by atoms with Crippen molar-refractivity contribution >= 4 is 5.91 Å². The summed E-state index contributed by atoms with van der Waals surface area (Å²) in [6, 6.07) is 0.604. The molecule has 2 aliphatic rings. The van der Waals surface area contributed by atoms with Crippen molar-refractivity contribution in [1.29, 1.82) is 0 Å². The second-order valence-corrected chi connectivity index (χ2v) is 7.58. The number of aromatic nitrogens is 2. The highest BCUT2D eigenvalue weighted by Gasteiger charge is 2.24. The maximum Gasteiger partial charge on any atom is 0.229 e. The Bertz CT molecular complexity index is 529. The van der Waals surface area contributed by atoms with Crippen LogP contribution in [0, 0.1) is 5.92 Å². The van der Waals surface area contributed by atoms with E-state index in [9.17, 15) is 4.79 Å². The Labute approximate surface area is 144 Å². The highest BCUT2D eigenvalue weighted by atomic mass is 16.5. The smallest absolute Gasteiger partial charge is 0.229 e. The van der Waals surface area contributed by atoms with E-state index in [1.165, 1.54) is 12.8 Å². The van der Waals surface area contributed by atoms with Crippen LogP contribution in [-0.2, 0) is 11.3 Å². The van der Waals surface area contributed by atoms with Gasteiger partial charge in [0.15, 0.2) is 5.82 Å². The number of piperidine rings is 1. The Hall–Kier alpha value is -1.43. The van der Waals surface area contributed by atoms with Gasteiger partial charge in [0, 0.05) is 18.4 Å². The third-order valence-corrected chi connectivity index (χ3v) is 5.49. The molecular weight excluding hydrogens is 304 g/mol. The fourth-order valence-electron chi connectivity index (χ4n) is 3.86. The van der Waals surface area contributed by atoms with Crippen LogP contribution < -0.4 is 5.32 Å². The molecule has 1 amide bonds. The Kier molecular flexibility index (Phi) is 5.87. The van der Waals surface area contributed by atoms with Crippen molar-refractivity contribution in [3.8, 4) is 0 Å². The van der Waals surface area contributed by atoms with Crippen molar-refractivity contribution in [3.05, 3.63) is 11.7 Å². The number of nitrogens with one attached hydrogen (secondary N) is 1. The summed E-state index contributed by atoms with van der Waals surface area (Å²) in [6.45, 7) is 7.05. The fourth-order valence-corrected chi connectivity index (χ4v) is 3.86. The number of rotatable bonds is 6. The van der Waals surface area contributed by atoms with Gasteiger partial charge in [0.05, 0.1) is 6.54 Å². The van der Waals surface area contributed by atoms with Crippen LogP contribution in [0.1, 0.15) is 76.4 Å². The molecule has 3 rings (SSSR count). The van der Waals surface area contributed by atoms with Crippen LogP contribution >= 0.6 is 0 Å². The van der Waals surface area contributed by atoms with Crippen molar-refractivity contribution in [1.82, 2.24) is 20.4 Å². The van der Waals surface area contributed by atoms with Gasteiger partial charge in [0.25, 0.3) is 0 Å². The van der Waals surface area contributed by atoms with Crippen molar-refractivity contribution in [2.75, 3.05) is 13.1 Å². The van der Waals surface area contributed by atoms with E-state index in [2.05, 4.69) is 34.2 Å². The average Bonchev–Trinajstić information content (AvgIpc) is 3.25. The molecule has 1 saturated heterocycles. The zero-order valence-corrected chi connectivity index (χ0v) is 15.0. The maximum absolute atomic E-state index is 12.2. The van der Waals surface area contributed by atoms with Crippen molar-refractivity contribution in [3.63, 3.8) is 0 Å². The van der Waals surface area contributed by atoms with Gasteiger partial charge in [-0.3, -0.25) is 4.79 Å². The first-order valence-corrected chi connectivity index (χ1v) is 9.45. The lowest BCUT2D eigenvalue weighted by Gasteiger charge is -2.34. The van der Waals surface area contributed by atoms with Gasteiger partial charge in [-0.15, -0.1) is 0 Å². The van der Waals surface area contributed by atoms with Gasteiger partial charge >= 0.3 is 0 Å². The Balaban J connectivity index is 1.38. The van der Waals surface area contributed by atoms with Crippen LogP contribution in [0.3, 0.4) is 0 Å². The molecule has 1 N–H and O–H groups in total. The molecular formula is C18H30N4O2. The zero-order chi connectivity index (χ0) is 16.9. The topological polar surface area (TPSA) is 71.3 Å². The van der Waals surface area contributed by atoms with Gasteiger partial charge in [0.2, 0.25) is 11.8 Å². The second kappa shape index (κ2) is 8.10. The highest BCUT2D eigenvalue weighted by molar-refractivity contribution is 5.76. The van der Waals surface area contributed by atoms with E-state index in [4.69, 9.17) is 4.52 Å². The molecule has 6 heteroatoms. The highest BCUT2D eigenvalue weighted by Crippen LogP contribution is 2.32. The molecule has 2 fully saturated rings. The standard InChI is InChI=1S/C18H30N4O2/c1-13(2)22-9-7-14(8-10-22)11-17(23)19-12-16-20-18(24-21-16)15-5-3-4-6-15/h13-15H,3-12H2,1-2H3,(H,19,23). The molecule has 0 radical (unpaired) electrons. The van der Waals surface area contributed by atoms with Gasteiger partial charge in [-0.05, 0) is 58.5 Å². The Morgan fingerprint density at radius 2 is 1.96 bits per heavy atom. The summed E-state index contributed by atoms with van der Waals surface area (Å²) in [4.78, 5) is 19.1. The lowest BCUT2D eigenvalue weighted by Crippen LogP contribution is -2.39. The first kappa shape index (κ1) is 17.4. The van der Waals surface area contributed by atoms with E-state index >= 15 is 0 Å². The normalized spacial score (nSPS) is 20.8. The Morgan fingerprint density at radius 3 is 2.62 bits per heavy atom. The maximum atomic E-state index is 12.2. The lowest BCUT2D eigenvalue weighted by atomic mass is 9.92. The SMILES string of the molecule is CC(C)N1CCC(CC(=O)NCc2noc(C3CCCC3)n2)CC1. The second-order valence-electron chi connectivity index (χ2n) is 7.58. The number of amides is 1. The summed E-state index contributed by atoms with van der Waals surface area (Å²) in [5, 5.41) is 6.95. The van der Waals surface area contributed by atoms with Crippen LogP contribution in [0.15, 0.2) is 4.52 Å². The third-order valence-electron chi connectivity index (χ3n) is 5.49. The number of nitrogens with zero attached hydrogens (tertiary/aromatic N) is 3. The molecule has 1 aliphatic heterocycles. The molecule has 0 atom stereocenters.